The zero-order valence-electron chi connectivity index (χ0n) is 23.1. The largest absolute Gasteiger partial charge is 0.497 e. The summed E-state index contributed by atoms with van der Waals surface area (Å²) in [5.41, 5.74) is 3.09. The predicted octanol–water partition coefficient (Wildman–Crippen LogP) is 6.51. The molecular weight excluding hydrogens is 528 g/mol. The van der Waals surface area contributed by atoms with Crippen LogP contribution in [0.5, 0.6) is 11.5 Å². The van der Waals surface area contributed by atoms with Crippen LogP contribution in [0.1, 0.15) is 60.2 Å². The minimum Gasteiger partial charge on any atom is -0.497 e. The Labute approximate surface area is 237 Å². The van der Waals surface area contributed by atoms with Crippen molar-refractivity contribution in [3.05, 3.63) is 88.5 Å². The smallest absolute Gasteiger partial charge is 0.307 e. The van der Waals surface area contributed by atoms with Crippen LogP contribution >= 0.6 is 0 Å². The molecule has 0 unspecified atom stereocenters. The number of carbonyl (C=O) groups excluding carboxylic acids is 1. The van der Waals surface area contributed by atoms with Gasteiger partial charge in [0, 0.05) is 28.7 Å². The number of amides is 1. The second-order valence-electron chi connectivity index (χ2n) is 11.8. The molecule has 1 spiro atoms. The van der Waals surface area contributed by atoms with E-state index in [0.29, 0.717) is 11.3 Å². The van der Waals surface area contributed by atoms with Gasteiger partial charge in [0.15, 0.2) is 11.6 Å². The fourth-order valence-corrected chi connectivity index (χ4v) is 6.47. The maximum atomic E-state index is 15.9. The number of nitrogens with one attached hydrogen (secondary N) is 1. The van der Waals surface area contributed by atoms with E-state index in [1.165, 1.54) is 18.2 Å². The van der Waals surface area contributed by atoms with Crippen molar-refractivity contribution in [2.45, 2.75) is 45.1 Å². The molecular formula is C33H31F2NO5. The average molecular weight is 560 g/mol. The number of halogens is 2. The zero-order valence-corrected chi connectivity index (χ0v) is 23.1. The van der Waals surface area contributed by atoms with E-state index in [0.717, 1.165) is 35.1 Å². The van der Waals surface area contributed by atoms with E-state index in [-0.39, 0.29) is 47.7 Å². The van der Waals surface area contributed by atoms with E-state index in [4.69, 9.17) is 9.47 Å². The number of hydrogen-bond acceptors (Lipinski definition) is 4. The minimum absolute atomic E-state index is 0.0266. The number of methoxy groups -OCH3 is 1. The Hall–Kier alpha value is -4.20. The van der Waals surface area contributed by atoms with Crippen molar-refractivity contribution in [2.24, 2.45) is 11.3 Å². The number of allylic oxidation sites excluding steroid dienone is 2. The lowest BCUT2D eigenvalue weighted by atomic mass is 9.79. The monoisotopic (exact) mass is 559 g/mol. The molecule has 0 saturated heterocycles. The van der Waals surface area contributed by atoms with Gasteiger partial charge in [-0.3, -0.25) is 9.59 Å². The van der Waals surface area contributed by atoms with Crippen LogP contribution in [-0.2, 0) is 16.8 Å². The summed E-state index contributed by atoms with van der Waals surface area (Å²) in [5.74, 6) is -2.75. The summed E-state index contributed by atoms with van der Waals surface area (Å²) in [5, 5.41) is 12.3. The summed E-state index contributed by atoms with van der Waals surface area (Å²) in [4.78, 5) is 24.1. The lowest BCUT2D eigenvalue weighted by Crippen LogP contribution is -2.41. The standard InChI is InChI=1S/C33H31F2NO5/c1-32(2)12-4-5-24(32)22-13-18(6-8-20(22)23-14-19(40-3)7-10-26(23)34)16-41-27-11-9-21-28(29(27)35)33(17-36-30(21)37)15-25(33)31(38)39/h5-11,13-14,25H,4,12,15-17H2,1-3H3,(H,36,37)(H,38,39)/t25-,33-/m1/s1. The Morgan fingerprint density at radius 3 is 2.51 bits per heavy atom. The Balaban J connectivity index is 1.36. The molecule has 2 aliphatic carbocycles. The van der Waals surface area contributed by atoms with Crippen molar-refractivity contribution < 1.29 is 33.0 Å². The van der Waals surface area contributed by atoms with Crippen molar-refractivity contribution >= 4 is 17.4 Å². The van der Waals surface area contributed by atoms with E-state index in [1.807, 2.05) is 18.2 Å². The highest BCUT2D eigenvalue weighted by Gasteiger charge is 2.63. The fourth-order valence-electron chi connectivity index (χ4n) is 6.47. The van der Waals surface area contributed by atoms with Crippen molar-refractivity contribution in [2.75, 3.05) is 13.7 Å². The molecule has 0 radical (unpaired) electrons. The number of aliphatic carboxylic acids is 1. The first-order chi connectivity index (χ1) is 19.6. The maximum absolute atomic E-state index is 15.9. The molecule has 212 valence electrons. The van der Waals surface area contributed by atoms with Gasteiger partial charge in [0.1, 0.15) is 18.2 Å². The third kappa shape index (κ3) is 4.46. The second kappa shape index (κ2) is 9.72. The molecule has 6 nitrogen and oxygen atoms in total. The molecule has 3 aromatic rings. The summed E-state index contributed by atoms with van der Waals surface area (Å²) in [6.07, 6.45) is 4.32. The van der Waals surface area contributed by atoms with E-state index in [1.54, 1.807) is 19.2 Å². The van der Waals surface area contributed by atoms with Crippen LogP contribution in [0.4, 0.5) is 8.78 Å². The number of fused-ring (bicyclic) bond motifs is 2. The van der Waals surface area contributed by atoms with Gasteiger partial charge in [-0.15, -0.1) is 0 Å². The molecule has 1 amide bonds. The molecule has 41 heavy (non-hydrogen) atoms. The maximum Gasteiger partial charge on any atom is 0.307 e. The second-order valence-corrected chi connectivity index (χ2v) is 11.8. The number of hydrogen-bond donors (Lipinski definition) is 2. The highest BCUT2D eigenvalue weighted by atomic mass is 19.1. The molecule has 3 aromatic carbocycles. The van der Waals surface area contributed by atoms with E-state index >= 15 is 8.78 Å². The lowest BCUT2D eigenvalue weighted by molar-refractivity contribution is -0.139. The number of carboxylic acids is 1. The van der Waals surface area contributed by atoms with Gasteiger partial charge in [0.2, 0.25) is 0 Å². The average Bonchev–Trinajstić information content (AvgIpc) is 3.57. The fraction of sp³-hybridized carbons (Fsp3) is 0.333. The van der Waals surface area contributed by atoms with Crippen molar-refractivity contribution in [1.29, 1.82) is 0 Å². The summed E-state index contributed by atoms with van der Waals surface area (Å²) >= 11 is 0. The van der Waals surface area contributed by atoms with Crippen LogP contribution in [0, 0.1) is 23.0 Å². The molecule has 0 bridgehead atoms. The van der Waals surface area contributed by atoms with Crippen LogP contribution in [0.15, 0.2) is 54.6 Å². The summed E-state index contributed by atoms with van der Waals surface area (Å²) in [6.45, 7) is 4.43. The van der Waals surface area contributed by atoms with Crippen LogP contribution in [-0.4, -0.2) is 30.6 Å². The van der Waals surface area contributed by atoms with Crippen LogP contribution in [0.3, 0.4) is 0 Å². The molecule has 2 atom stereocenters. The number of ether oxygens (including phenoxy) is 2. The van der Waals surface area contributed by atoms with Gasteiger partial charge in [0.05, 0.1) is 13.0 Å². The molecule has 1 fully saturated rings. The zero-order chi connectivity index (χ0) is 29.1. The highest BCUT2D eigenvalue weighted by molar-refractivity contribution is 5.99. The molecule has 0 aromatic heterocycles. The molecule has 1 heterocycles. The molecule has 8 heteroatoms. The van der Waals surface area contributed by atoms with Gasteiger partial charge in [-0.2, -0.15) is 0 Å². The summed E-state index contributed by atoms with van der Waals surface area (Å²) < 4.78 is 42.2. The molecule has 1 aliphatic heterocycles. The van der Waals surface area contributed by atoms with Gasteiger partial charge >= 0.3 is 5.97 Å². The number of rotatable bonds is 7. The first kappa shape index (κ1) is 27.0. The third-order valence-electron chi connectivity index (χ3n) is 8.87. The quantitative estimate of drug-likeness (QED) is 0.345. The molecule has 2 N–H and O–H groups in total. The summed E-state index contributed by atoms with van der Waals surface area (Å²) in [6, 6.07) is 13.2. The lowest BCUT2D eigenvalue weighted by Gasteiger charge is -2.27. The summed E-state index contributed by atoms with van der Waals surface area (Å²) in [7, 11) is 1.54. The van der Waals surface area contributed by atoms with Gasteiger partial charge in [-0.1, -0.05) is 32.1 Å². The van der Waals surface area contributed by atoms with Crippen molar-refractivity contribution in [3.8, 4) is 22.6 Å². The van der Waals surface area contributed by atoms with Gasteiger partial charge < -0.3 is 19.9 Å². The van der Waals surface area contributed by atoms with Gasteiger partial charge in [0.25, 0.3) is 5.91 Å². The van der Waals surface area contributed by atoms with Crippen molar-refractivity contribution in [1.82, 2.24) is 5.32 Å². The van der Waals surface area contributed by atoms with E-state index in [2.05, 4.69) is 25.2 Å². The van der Waals surface area contributed by atoms with Gasteiger partial charge in [-0.05, 0) is 83.3 Å². The Morgan fingerprint density at radius 1 is 1.05 bits per heavy atom. The number of carbonyl (C=O) groups is 2. The van der Waals surface area contributed by atoms with E-state index < -0.39 is 29.0 Å². The SMILES string of the molecule is COc1ccc(F)c(-c2ccc(COc3ccc4c(c3F)[C@@]3(CNC4=O)C[C@@H]3C(=O)O)cc2C2=CCCC2(C)C)c1. The van der Waals surface area contributed by atoms with Crippen LogP contribution < -0.4 is 14.8 Å². The molecule has 6 rings (SSSR count). The normalized spacial score (nSPS) is 22.1. The first-order valence-corrected chi connectivity index (χ1v) is 13.7. The van der Waals surface area contributed by atoms with Gasteiger partial charge in [-0.25, -0.2) is 8.78 Å². The van der Waals surface area contributed by atoms with Crippen molar-refractivity contribution in [3.63, 3.8) is 0 Å². The number of carboxylic acid groups (broad SMARTS) is 1. The Kier molecular flexibility index (Phi) is 6.40. The predicted molar refractivity (Wildman–Crippen MR) is 150 cm³/mol. The third-order valence-corrected chi connectivity index (χ3v) is 8.87. The molecule has 3 aliphatic rings. The first-order valence-electron chi connectivity index (χ1n) is 13.7. The van der Waals surface area contributed by atoms with Crippen LogP contribution in [0.2, 0.25) is 0 Å². The number of benzene rings is 3. The Bertz CT molecular complexity index is 1630. The highest BCUT2D eigenvalue weighted by Crippen LogP contribution is 2.57. The minimum atomic E-state index is -1.01. The topological polar surface area (TPSA) is 84.9 Å². The molecule has 1 saturated carbocycles. The van der Waals surface area contributed by atoms with E-state index in [9.17, 15) is 14.7 Å². The van der Waals surface area contributed by atoms with Crippen LogP contribution in [0.25, 0.3) is 16.7 Å². The Morgan fingerprint density at radius 2 is 1.83 bits per heavy atom.